The van der Waals surface area contributed by atoms with Crippen molar-refractivity contribution in [3.8, 4) is 101 Å². The van der Waals surface area contributed by atoms with E-state index in [1.54, 1.807) is 28.4 Å². The van der Waals surface area contributed by atoms with E-state index >= 15 is 0 Å². The summed E-state index contributed by atoms with van der Waals surface area (Å²) in [6, 6.07) is 111. The van der Waals surface area contributed by atoms with Gasteiger partial charge in [0.1, 0.15) is 23.0 Å². The second-order valence-corrected chi connectivity index (χ2v) is 24.7. The molecule has 0 saturated carbocycles. The first-order chi connectivity index (χ1) is 47.4. The maximum Gasteiger partial charge on any atom is 0.119 e. The van der Waals surface area contributed by atoms with Crippen molar-refractivity contribution >= 4 is 87.2 Å². The molecule has 4 heterocycles. The molecule has 0 spiro atoms. The number of fused-ring (bicyclic) bond motifs is 12. The van der Waals surface area contributed by atoms with Crippen LogP contribution in [-0.2, 0) is 0 Å². The Balaban J connectivity index is 0.871. The molecule has 0 radical (unpaired) electrons. The van der Waals surface area contributed by atoms with Crippen LogP contribution < -0.4 is 18.9 Å². The molecule has 18 rings (SSSR count). The van der Waals surface area contributed by atoms with Gasteiger partial charge in [-0.3, -0.25) is 0 Å². The third kappa shape index (κ3) is 9.20. The van der Waals surface area contributed by atoms with Crippen molar-refractivity contribution in [3.63, 3.8) is 0 Å². The van der Waals surface area contributed by atoms with Crippen LogP contribution in [-0.4, -0.2) is 46.7 Å². The van der Waals surface area contributed by atoms with E-state index in [2.05, 4.69) is 273 Å². The van der Waals surface area contributed by atoms with E-state index in [4.69, 9.17) is 18.9 Å². The number of hydrogen-bond acceptors (Lipinski definition) is 4. The molecule has 0 amide bonds. The van der Waals surface area contributed by atoms with Crippen molar-refractivity contribution in [2.75, 3.05) is 28.4 Å². The molecular formula is C88H62N4O4. The molecule has 18 aromatic rings. The van der Waals surface area contributed by atoms with Crippen LogP contribution in [0.15, 0.2) is 303 Å². The van der Waals surface area contributed by atoms with Gasteiger partial charge in [0.25, 0.3) is 0 Å². The summed E-state index contributed by atoms with van der Waals surface area (Å²) in [4.78, 5) is 0. The second-order valence-electron chi connectivity index (χ2n) is 24.7. The minimum Gasteiger partial charge on any atom is -0.497 e. The maximum absolute atomic E-state index is 5.61. The summed E-state index contributed by atoms with van der Waals surface area (Å²) in [6.45, 7) is 0. The van der Waals surface area contributed by atoms with E-state index in [-0.39, 0.29) is 0 Å². The molecule has 96 heavy (non-hydrogen) atoms. The molecule has 8 heteroatoms. The van der Waals surface area contributed by atoms with Gasteiger partial charge in [0, 0.05) is 65.8 Å². The van der Waals surface area contributed by atoms with Crippen LogP contribution >= 0.6 is 0 Å². The molecule has 0 aliphatic heterocycles. The number of aromatic nitrogens is 4. The first-order valence-electron chi connectivity index (χ1n) is 32.4. The van der Waals surface area contributed by atoms with Crippen LogP contribution in [0.2, 0.25) is 0 Å². The number of hydrogen-bond donors (Lipinski definition) is 0. The zero-order valence-electron chi connectivity index (χ0n) is 53.3. The number of methoxy groups -OCH3 is 4. The van der Waals surface area contributed by atoms with Crippen LogP contribution in [0.4, 0.5) is 0 Å². The number of nitrogens with zero attached hydrogens (tertiary/aromatic N) is 4. The first-order valence-corrected chi connectivity index (χ1v) is 32.4. The predicted molar refractivity (Wildman–Crippen MR) is 397 cm³/mol. The quantitative estimate of drug-likeness (QED) is 0.115. The van der Waals surface area contributed by atoms with Gasteiger partial charge in [0.05, 0.1) is 72.6 Å². The molecule has 0 aliphatic rings. The second kappa shape index (κ2) is 22.7. The van der Waals surface area contributed by atoms with Crippen molar-refractivity contribution in [2.45, 2.75) is 0 Å². The summed E-state index contributed by atoms with van der Waals surface area (Å²) in [7, 11) is 6.85. The Morgan fingerprint density at radius 3 is 0.562 bits per heavy atom. The van der Waals surface area contributed by atoms with Crippen molar-refractivity contribution < 1.29 is 18.9 Å². The zero-order chi connectivity index (χ0) is 64.1. The molecule has 8 nitrogen and oxygen atoms in total. The van der Waals surface area contributed by atoms with E-state index in [1.165, 1.54) is 43.1 Å². The molecule has 458 valence electrons. The van der Waals surface area contributed by atoms with Gasteiger partial charge in [-0.15, -0.1) is 0 Å². The fourth-order valence-electron chi connectivity index (χ4n) is 14.9. The van der Waals surface area contributed by atoms with Gasteiger partial charge >= 0.3 is 0 Å². The molecule has 0 unspecified atom stereocenters. The van der Waals surface area contributed by atoms with Crippen LogP contribution in [0, 0.1) is 0 Å². The summed E-state index contributed by atoms with van der Waals surface area (Å²) in [6.07, 6.45) is 0. The number of rotatable bonds is 13. The smallest absolute Gasteiger partial charge is 0.119 e. The van der Waals surface area contributed by atoms with E-state index < -0.39 is 0 Å². The van der Waals surface area contributed by atoms with Crippen LogP contribution in [0.25, 0.3) is 166 Å². The fourth-order valence-corrected chi connectivity index (χ4v) is 14.9. The number of benzene rings is 14. The third-order valence-corrected chi connectivity index (χ3v) is 19.5. The number of ether oxygens (including phenoxy) is 4. The molecule has 0 saturated heterocycles. The minimum atomic E-state index is 0.822. The van der Waals surface area contributed by atoms with Gasteiger partial charge in [-0.25, -0.2) is 0 Å². The van der Waals surface area contributed by atoms with Gasteiger partial charge < -0.3 is 37.2 Å². The summed E-state index contributed by atoms with van der Waals surface area (Å²) in [5.41, 5.74) is 24.5. The Labute approximate surface area is 554 Å². The van der Waals surface area contributed by atoms with Crippen LogP contribution in [0.1, 0.15) is 0 Å². The SMILES string of the molecule is COc1ccc(-n2c3ccccc3c3cc(-c4cc(-c5cc(-c6ccc7c(c6)c6ccccc6n7-c6ccc(OC)cc6)cc(-c6ccc7c(c6)c6ccccc6n7-c6ccc(OC)cc6)c5)cc(-c5ccc6c(c5)c5ccccc5n6-c5ccc(OC)cc5)c4)ccc32)cc1. The molecule has 0 N–H and O–H groups in total. The Bertz CT molecular complexity index is 5370. The molecule has 0 bridgehead atoms. The van der Waals surface area contributed by atoms with E-state index in [0.717, 1.165) is 146 Å². The summed E-state index contributed by atoms with van der Waals surface area (Å²) < 4.78 is 31.9. The maximum atomic E-state index is 5.61. The largest absolute Gasteiger partial charge is 0.497 e. The average molecular weight is 1240 g/mol. The van der Waals surface area contributed by atoms with E-state index in [9.17, 15) is 0 Å². The molecule has 0 fully saturated rings. The predicted octanol–water partition coefficient (Wildman–Crippen LogP) is 22.4. The highest BCUT2D eigenvalue weighted by molar-refractivity contribution is 6.14. The lowest BCUT2D eigenvalue weighted by Gasteiger charge is -2.16. The minimum absolute atomic E-state index is 0.822. The monoisotopic (exact) mass is 1240 g/mol. The van der Waals surface area contributed by atoms with Gasteiger partial charge in [0.2, 0.25) is 0 Å². The van der Waals surface area contributed by atoms with E-state index in [0.29, 0.717) is 0 Å². The highest BCUT2D eigenvalue weighted by Crippen LogP contribution is 2.45. The Kier molecular flexibility index (Phi) is 13.3. The van der Waals surface area contributed by atoms with E-state index in [1.807, 2.05) is 48.5 Å². The van der Waals surface area contributed by atoms with Crippen molar-refractivity contribution in [2.24, 2.45) is 0 Å². The normalized spacial score (nSPS) is 11.8. The number of para-hydroxylation sites is 4. The van der Waals surface area contributed by atoms with Gasteiger partial charge in [-0.2, -0.15) is 0 Å². The average Bonchev–Trinajstić information content (AvgIpc) is 1.80. The third-order valence-electron chi connectivity index (χ3n) is 19.5. The van der Waals surface area contributed by atoms with Crippen LogP contribution in [0.5, 0.6) is 23.0 Å². The molecule has 0 atom stereocenters. The summed E-state index contributed by atoms with van der Waals surface area (Å²) in [5.74, 6) is 3.29. The zero-order valence-corrected chi connectivity index (χ0v) is 53.3. The standard InChI is InChI=1S/C88H62N4O4/c1-93-69-33-25-65(26-34-69)89-81-17-9-5-13-73(81)77-51-55(21-41-85(77)89)59-45-60(56-22-42-86-78(52-56)74-14-6-10-18-82(74)90(86)66-27-35-70(94-2)36-28-66)48-63(47-59)64-49-61(57-23-43-87-79(53-57)75-15-7-11-19-83(75)91(87)67-29-37-71(95-3)38-30-67)46-62(50-64)58-24-44-88-80(54-58)76-16-8-12-20-84(76)92(88)68-31-39-72(96-4)40-32-68/h5-54H,1-4H3. The van der Waals surface area contributed by atoms with Crippen molar-refractivity contribution in [3.05, 3.63) is 303 Å². The van der Waals surface area contributed by atoms with Crippen molar-refractivity contribution in [1.82, 2.24) is 18.3 Å². The molecule has 0 aliphatic carbocycles. The Morgan fingerprint density at radius 1 is 0.167 bits per heavy atom. The molecular weight excluding hydrogens is 1180 g/mol. The first kappa shape index (κ1) is 56.2. The topological polar surface area (TPSA) is 56.6 Å². The summed E-state index contributed by atoms with van der Waals surface area (Å²) in [5, 5.41) is 9.45. The Morgan fingerprint density at radius 2 is 0.354 bits per heavy atom. The van der Waals surface area contributed by atoms with Crippen LogP contribution in [0.3, 0.4) is 0 Å². The lowest BCUT2D eigenvalue weighted by atomic mass is 9.89. The lowest BCUT2D eigenvalue weighted by Crippen LogP contribution is -1.94. The van der Waals surface area contributed by atoms with Gasteiger partial charge in [-0.1, -0.05) is 97.1 Å². The highest BCUT2D eigenvalue weighted by Gasteiger charge is 2.21. The summed E-state index contributed by atoms with van der Waals surface area (Å²) >= 11 is 0. The molecule has 14 aromatic carbocycles. The Hall–Kier alpha value is -12.5. The molecule has 4 aromatic heterocycles. The fraction of sp³-hybridized carbons (Fsp3) is 0.0455. The highest BCUT2D eigenvalue weighted by atomic mass is 16.5. The van der Waals surface area contributed by atoms with Gasteiger partial charge in [0.15, 0.2) is 0 Å². The van der Waals surface area contributed by atoms with Crippen molar-refractivity contribution in [1.29, 1.82) is 0 Å². The lowest BCUT2D eigenvalue weighted by molar-refractivity contribution is 0.414. The van der Waals surface area contributed by atoms with Gasteiger partial charge in [-0.05, 0) is 262 Å².